The fourth-order valence-electron chi connectivity index (χ4n) is 0.939. The number of anilines is 1. The van der Waals surface area contributed by atoms with Crippen molar-refractivity contribution in [2.75, 3.05) is 5.32 Å². The predicted molar refractivity (Wildman–Crippen MR) is 54.8 cm³/mol. The second-order valence-corrected chi connectivity index (χ2v) is 4.01. The van der Waals surface area contributed by atoms with Crippen LogP contribution in [0.25, 0.3) is 0 Å². The highest BCUT2D eigenvalue weighted by Crippen LogP contribution is 2.20. The van der Waals surface area contributed by atoms with Crippen LogP contribution in [-0.2, 0) is 15.9 Å². The van der Waals surface area contributed by atoms with E-state index in [1.54, 1.807) is 0 Å². The minimum absolute atomic E-state index is 0.154. The van der Waals surface area contributed by atoms with Crippen LogP contribution in [0.2, 0.25) is 5.02 Å². The molecule has 4 nitrogen and oxygen atoms in total. The van der Waals surface area contributed by atoms with Gasteiger partial charge >= 0.3 is 0 Å². The number of carbonyl (C=O) groups is 1. The standard InChI is InChI=1S/C8H8ClNO3S/c1-5(11)10-7-2-6(9)3-8(4-7)14(12)13/h2-4H,1H3,(H,10,11)(H,12,13). The summed E-state index contributed by atoms with van der Waals surface area (Å²) >= 11 is 3.58. The number of benzene rings is 1. The summed E-state index contributed by atoms with van der Waals surface area (Å²) in [6, 6.07) is 4.26. The Hall–Kier alpha value is -0.910. The van der Waals surface area contributed by atoms with Crippen LogP contribution < -0.4 is 5.32 Å². The Morgan fingerprint density at radius 3 is 2.64 bits per heavy atom. The van der Waals surface area contributed by atoms with E-state index < -0.39 is 11.1 Å². The second kappa shape index (κ2) is 4.54. The highest BCUT2D eigenvalue weighted by molar-refractivity contribution is 7.79. The summed E-state index contributed by atoms with van der Waals surface area (Å²) in [4.78, 5) is 10.9. The van der Waals surface area contributed by atoms with Crippen molar-refractivity contribution >= 4 is 34.3 Å². The smallest absolute Gasteiger partial charge is 0.221 e. The van der Waals surface area contributed by atoms with Gasteiger partial charge in [-0.25, -0.2) is 4.21 Å². The van der Waals surface area contributed by atoms with E-state index in [0.29, 0.717) is 10.7 Å². The van der Waals surface area contributed by atoms with Crippen LogP contribution in [0, 0.1) is 0 Å². The van der Waals surface area contributed by atoms with Crippen molar-refractivity contribution in [3.05, 3.63) is 23.2 Å². The SMILES string of the molecule is CC(=O)Nc1cc(Cl)cc(S(=O)O)c1. The number of carbonyl (C=O) groups excluding carboxylic acids is 1. The van der Waals surface area contributed by atoms with E-state index in [4.69, 9.17) is 16.2 Å². The first-order chi connectivity index (χ1) is 6.49. The van der Waals surface area contributed by atoms with Crippen LogP contribution in [-0.4, -0.2) is 14.7 Å². The molecule has 0 aliphatic heterocycles. The van der Waals surface area contributed by atoms with Crippen LogP contribution in [0.3, 0.4) is 0 Å². The second-order valence-electron chi connectivity index (χ2n) is 2.61. The molecule has 0 aliphatic rings. The Kier molecular flexibility index (Phi) is 3.62. The average Bonchev–Trinajstić information content (AvgIpc) is 2.01. The molecule has 0 bridgehead atoms. The van der Waals surface area contributed by atoms with Crippen molar-refractivity contribution in [1.29, 1.82) is 0 Å². The van der Waals surface area contributed by atoms with E-state index >= 15 is 0 Å². The highest BCUT2D eigenvalue weighted by atomic mass is 35.5. The monoisotopic (exact) mass is 233 g/mol. The first-order valence-corrected chi connectivity index (χ1v) is 5.16. The van der Waals surface area contributed by atoms with Crippen molar-refractivity contribution in [2.24, 2.45) is 0 Å². The Bertz CT molecular complexity index is 394. The fourth-order valence-corrected chi connectivity index (χ4v) is 1.69. The molecular weight excluding hydrogens is 226 g/mol. The van der Waals surface area contributed by atoms with Gasteiger partial charge in [0.1, 0.15) is 0 Å². The summed E-state index contributed by atoms with van der Waals surface area (Å²) in [6.07, 6.45) is 0. The highest BCUT2D eigenvalue weighted by Gasteiger charge is 2.04. The van der Waals surface area contributed by atoms with Crippen LogP contribution in [0.15, 0.2) is 23.1 Å². The van der Waals surface area contributed by atoms with E-state index in [1.807, 2.05) is 0 Å². The minimum Gasteiger partial charge on any atom is -0.326 e. The number of amides is 1. The van der Waals surface area contributed by atoms with Gasteiger partial charge in [0.25, 0.3) is 0 Å². The van der Waals surface area contributed by atoms with E-state index in [0.717, 1.165) is 0 Å². The molecule has 0 spiro atoms. The Morgan fingerprint density at radius 2 is 2.14 bits per heavy atom. The third-order valence-corrected chi connectivity index (χ3v) is 2.25. The molecule has 0 fully saturated rings. The maximum atomic E-state index is 10.7. The molecule has 1 atom stereocenters. The Morgan fingerprint density at radius 1 is 1.50 bits per heavy atom. The minimum atomic E-state index is -2.10. The molecule has 0 saturated heterocycles. The first kappa shape index (κ1) is 11.2. The topological polar surface area (TPSA) is 66.4 Å². The van der Waals surface area contributed by atoms with E-state index in [1.165, 1.54) is 25.1 Å². The average molecular weight is 234 g/mol. The van der Waals surface area contributed by atoms with Crippen molar-refractivity contribution in [2.45, 2.75) is 11.8 Å². The largest absolute Gasteiger partial charge is 0.326 e. The zero-order chi connectivity index (χ0) is 10.7. The van der Waals surface area contributed by atoms with Crippen molar-refractivity contribution in [3.63, 3.8) is 0 Å². The molecular formula is C8H8ClNO3S. The van der Waals surface area contributed by atoms with Gasteiger partial charge in [0, 0.05) is 17.6 Å². The molecule has 0 saturated carbocycles. The van der Waals surface area contributed by atoms with Crippen molar-refractivity contribution < 1.29 is 13.6 Å². The number of halogens is 1. The van der Waals surface area contributed by atoms with Gasteiger partial charge in [-0.2, -0.15) is 0 Å². The van der Waals surface area contributed by atoms with E-state index in [-0.39, 0.29) is 10.8 Å². The molecule has 1 aromatic rings. The van der Waals surface area contributed by atoms with Crippen LogP contribution in [0.5, 0.6) is 0 Å². The third-order valence-electron chi connectivity index (χ3n) is 1.39. The van der Waals surface area contributed by atoms with Gasteiger partial charge in [0.05, 0.1) is 4.90 Å². The molecule has 0 radical (unpaired) electrons. The molecule has 76 valence electrons. The lowest BCUT2D eigenvalue weighted by atomic mass is 10.3. The van der Waals surface area contributed by atoms with Crippen LogP contribution >= 0.6 is 11.6 Å². The Labute approximate surface area is 88.6 Å². The van der Waals surface area contributed by atoms with Gasteiger partial charge in [0.15, 0.2) is 11.1 Å². The van der Waals surface area contributed by atoms with Crippen molar-refractivity contribution in [3.8, 4) is 0 Å². The summed E-state index contributed by atoms with van der Waals surface area (Å²) in [7, 11) is 0. The molecule has 0 aromatic heterocycles. The molecule has 0 aliphatic carbocycles. The fraction of sp³-hybridized carbons (Fsp3) is 0.125. The lowest BCUT2D eigenvalue weighted by Gasteiger charge is -2.04. The summed E-state index contributed by atoms with van der Waals surface area (Å²) in [5.74, 6) is -0.262. The van der Waals surface area contributed by atoms with Crippen LogP contribution in [0.4, 0.5) is 5.69 Å². The summed E-state index contributed by atoms with van der Waals surface area (Å²) in [5.41, 5.74) is 0.405. The lowest BCUT2D eigenvalue weighted by molar-refractivity contribution is -0.114. The molecule has 2 N–H and O–H groups in total. The predicted octanol–water partition coefficient (Wildman–Crippen LogP) is 1.88. The molecule has 1 amide bonds. The number of nitrogens with one attached hydrogen (secondary N) is 1. The molecule has 0 heterocycles. The molecule has 14 heavy (non-hydrogen) atoms. The van der Waals surface area contributed by atoms with Gasteiger partial charge in [-0.3, -0.25) is 4.79 Å². The van der Waals surface area contributed by atoms with Gasteiger partial charge < -0.3 is 9.87 Å². The summed E-state index contributed by atoms with van der Waals surface area (Å²) < 4.78 is 19.5. The maximum absolute atomic E-state index is 10.7. The number of rotatable bonds is 2. The van der Waals surface area contributed by atoms with Gasteiger partial charge in [0.2, 0.25) is 5.91 Å². The van der Waals surface area contributed by atoms with E-state index in [9.17, 15) is 9.00 Å². The number of hydrogen-bond donors (Lipinski definition) is 2. The normalized spacial score (nSPS) is 12.2. The molecule has 1 unspecified atom stereocenters. The number of hydrogen-bond acceptors (Lipinski definition) is 2. The maximum Gasteiger partial charge on any atom is 0.221 e. The van der Waals surface area contributed by atoms with Gasteiger partial charge in [-0.15, -0.1) is 0 Å². The molecule has 6 heteroatoms. The van der Waals surface area contributed by atoms with Gasteiger partial charge in [-0.1, -0.05) is 11.6 Å². The quantitative estimate of drug-likeness (QED) is 0.767. The Balaban J connectivity index is 3.07. The van der Waals surface area contributed by atoms with Crippen molar-refractivity contribution in [1.82, 2.24) is 0 Å². The zero-order valence-corrected chi connectivity index (χ0v) is 8.85. The van der Waals surface area contributed by atoms with Gasteiger partial charge in [-0.05, 0) is 18.2 Å². The van der Waals surface area contributed by atoms with E-state index in [2.05, 4.69) is 5.32 Å². The lowest BCUT2D eigenvalue weighted by Crippen LogP contribution is -2.06. The molecule has 1 aromatic carbocycles. The zero-order valence-electron chi connectivity index (χ0n) is 7.28. The van der Waals surface area contributed by atoms with Crippen LogP contribution in [0.1, 0.15) is 6.92 Å². The summed E-state index contributed by atoms with van der Waals surface area (Å²) in [5, 5.41) is 2.77. The first-order valence-electron chi connectivity index (χ1n) is 3.68. The molecule has 1 rings (SSSR count). The third kappa shape index (κ3) is 3.10. The summed E-state index contributed by atoms with van der Waals surface area (Å²) in [6.45, 7) is 1.34.